The van der Waals surface area contributed by atoms with Crippen molar-refractivity contribution in [3.63, 3.8) is 0 Å². The number of rotatable bonds is 53. The van der Waals surface area contributed by atoms with Gasteiger partial charge in [-0.25, -0.2) is 4.79 Å². The van der Waals surface area contributed by atoms with E-state index in [4.69, 9.17) is 23.7 Å². The zero-order valence-electron chi connectivity index (χ0n) is 50.7. The summed E-state index contributed by atoms with van der Waals surface area (Å²) < 4.78 is 28.4. The molecule has 1 heterocycles. The summed E-state index contributed by atoms with van der Waals surface area (Å²) in [5, 5.41) is 31.5. The fourth-order valence-electron chi connectivity index (χ4n) is 8.95. The van der Waals surface area contributed by atoms with E-state index in [0.717, 1.165) is 109 Å². The van der Waals surface area contributed by atoms with Crippen molar-refractivity contribution < 1.29 is 58.2 Å². The van der Waals surface area contributed by atoms with Crippen LogP contribution < -0.4 is 0 Å². The van der Waals surface area contributed by atoms with Crippen LogP contribution in [0.2, 0.25) is 0 Å². The molecular weight excluding hydrogens is 1020 g/mol. The van der Waals surface area contributed by atoms with Crippen LogP contribution in [0.5, 0.6) is 0 Å². The Bertz CT molecular complexity index is 1820. The first kappa shape index (κ1) is 74.4. The summed E-state index contributed by atoms with van der Waals surface area (Å²) in [6, 6.07) is 0. The number of ether oxygens (including phenoxy) is 5. The van der Waals surface area contributed by atoms with Crippen molar-refractivity contribution in [2.45, 2.75) is 289 Å². The van der Waals surface area contributed by atoms with Gasteiger partial charge in [-0.3, -0.25) is 14.4 Å². The van der Waals surface area contributed by atoms with Crippen molar-refractivity contribution in [2.24, 2.45) is 0 Å². The summed E-state index contributed by atoms with van der Waals surface area (Å²) in [4.78, 5) is 51.3. The molecule has 1 saturated heterocycles. The lowest BCUT2D eigenvalue weighted by molar-refractivity contribution is -0.301. The zero-order valence-corrected chi connectivity index (χ0v) is 50.7. The Hall–Kier alpha value is -4.62. The van der Waals surface area contributed by atoms with E-state index >= 15 is 0 Å². The Morgan fingerprint density at radius 3 is 1.27 bits per heavy atom. The minimum atomic E-state index is -1.94. The monoisotopic (exact) mass is 1130 g/mol. The highest BCUT2D eigenvalue weighted by atomic mass is 16.7. The van der Waals surface area contributed by atoms with Gasteiger partial charge >= 0.3 is 23.9 Å². The Balaban J connectivity index is 2.73. The van der Waals surface area contributed by atoms with Crippen LogP contribution in [-0.2, 0) is 42.9 Å². The number of carbonyl (C=O) groups is 4. The van der Waals surface area contributed by atoms with Gasteiger partial charge in [-0.1, -0.05) is 226 Å². The average molecular weight is 1130 g/mol. The molecule has 6 atom stereocenters. The molecule has 0 bridgehead atoms. The number of hydrogen-bond acceptors (Lipinski definition) is 11. The predicted molar refractivity (Wildman–Crippen MR) is 330 cm³/mol. The number of esters is 3. The van der Waals surface area contributed by atoms with Gasteiger partial charge < -0.3 is 39.0 Å². The van der Waals surface area contributed by atoms with Crippen molar-refractivity contribution in [3.8, 4) is 0 Å². The SMILES string of the molecule is CC/C=C\C/C=C\C/C=C\C/C=C\C/C=C\C/C=C\CCC(=O)OC1C(OCC(COC(=O)CCCCCCCCC/C=C\C/C=C\CCCCC)OC(=O)CCCCCCC/C=C\CCCCCCCC)OC(C(=O)O)C(O)C1O. The number of carboxylic acids is 1. The Morgan fingerprint density at radius 1 is 0.420 bits per heavy atom. The molecule has 460 valence electrons. The highest BCUT2D eigenvalue weighted by molar-refractivity contribution is 5.74. The number of carboxylic acid groups (broad SMARTS) is 1. The van der Waals surface area contributed by atoms with Gasteiger partial charge in [0.1, 0.15) is 18.8 Å². The summed E-state index contributed by atoms with van der Waals surface area (Å²) in [6.07, 6.45) is 63.4. The van der Waals surface area contributed by atoms with E-state index in [2.05, 4.69) is 112 Å². The van der Waals surface area contributed by atoms with Gasteiger partial charge in [-0.2, -0.15) is 0 Å². The summed E-state index contributed by atoms with van der Waals surface area (Å²) in [6.45, 7) is 5.82. The number of hydrogen-bond donors (Lipinski definition) is 3. The maximum Gasteiger partial charge on any atom is 0.335 e. The lowest BCUT2D eigenvalue weighted by Gasteiger charge is -2.40. The van der Waals surface area contributed by atoms with Crippen LogP contribution >= 0.6 is 0 Å². The number of aliphatic carboxylic acids is 1. The predicted octanol–water partition coefficient (Wildman–Crippen LogP) is 17.0. The van der Waals surface area contributed by atoms with Crippen molar-refractivity contribution in [1.82, 2.24) is 0 Å². The Kier molecular flexibility index (Phi) is 51.3. The molecule has 1 fully saturated rings. The van der Waals surface area contributed by atoms with Gasteiger partial charge in [-0.05, 0) is 116 Å². The Labute approximate surface area is 491 Å². The van der Waals surface area contributed by atoms with Crippen LogP contribution in [0.25, 0.3) is 0 Å². The number of carbonyl (C=O) groups excluding carboxylic acids is 3. The molecule has 0 aliphatic carbocycles. The van der Waals surface area contributed by atoms with Crippen molar-refractivity contribution in [1.29, 1.82) is 0 Å². The molecule has 0 radical (unpaired) electrons. The van der Waals surface area contributed by atoms with E-state index < -0.39 is 67.3 Å². The minimum Gasteiger partial charge on any atom is -0.479 e. The second-order valence-corrected chi connectivity index (χ2v) is 21.3. The minimum absolute atomic E-state index is 0.0708. The van der Waals surface area contributed by atoms with Gasteiger partial charge in [-0.15, -0.1) is 0 Å². The first-order valence-corrected chi connectivity index (χ1v) is 31.9. The fraction of sp³-hybridized carbons (Fsp3) is 0.681. The first-order chi connectivity index (χ1) is 39.6. The number of aliphatic hydroxyl groups is 2. The third-order valence-corrected chi connectivity index (χ3v) is 13.8. The molecule has 3 N–H and O–H groups in total. The molecular formula is C69H112O12. The van der Waals surface area contributed by atoms with Crippen LogP contribution in [0.1, 0.15) is 252 Å². The molecule has 1 aliphatic heterocycles. The highest BCUT2D eigenvalue weighted by Crippen LogP contribution is 2.26. The number of unbranched alkanes of at least 4 members (excludes halogenated alkanes) is 21. The molecule has 6 unspecified atom stereocenters. The lowest BCUT2D eigenvalue weighted by atomic mass is 9.98. The van der Waals surface area contributed by atoms with Crippen LogP contribution in [0.4, 0.5) is 0 Å². The molecule has 81 heavy (non-hydrogen) atoms. The van der Waals surface area contributed by atoms with E-state index in [-0.39, 0.29) is 25.9 Å². The molecule has 0 aromatic carbocycles. The van der Waals surface area contributed by atoms with Crippen LogP contribution in [-0.4, -0.2) is 89.2 Å². The first-order valence-electron chi connectivity index (χ1n) is 31.9. The molecule has 0 amide bonds. The molecule has 0 aromatic heterocycles. The second kappa shape index (κ2) is 55.9. The van der Waals surface area contributed by atoms with Crippen LogP contribution in [0, 0.1) is 0 Å². The summed E-state index contributed by atoms with van der Waals surface area (Å²) in [5.41, 5.74) is 0. The fourth-order valence-corrected chi connectivity index (χ4v) is 8.95. The van der Waals surface area contributed by atoms with E-state index in [1.54, 1.807) is 0 Å². The average Bonchev–Trinajstić information content (AvgIpc) is 3.54. The highest BCUT2D eigenvalue weighted by Gasteiger charge is 2.50. The number of allylic oxidation sites excluding steroid dienone is 18. The second-order valence-electron chi connectivity index (χ2n) is 21.3. The Morgan fingerprint density at radius 2 is 0.802 bits per heavy atom. The quantitative estimate of drug-likeness (QED) is 0.0228. The molecule has 0 spiro atoms. The topological polar surface area (TPSA) is 175 Å². The molecule has 0 saturated carbocycles. The maximum absolute atomic E-state index is 13.2. The molecule has 1 aliphatic rings. The molecule has 12 heteroatoms. The van der Waals surface area contributed by atoms with E-state index in [1.807, 2.05) is 18.2 Å². The molecule has 1 rings (SSSR count). The van der Waals surface area contributed by atoms with Crippen LogP contribution in [0.3, 0.4) is 0 Å². The van der Waals surface area contributed by atoms with E-state index in [0.29, 0.717) is 25.7 Å². The smallest absolute Gasteiger partial charge is 0.335 e. The maximum atomic E-state index is 13.2. The van der Waals surface area contributed by atoms with Crippen LogP contribution in [0.15, 0.2) is 109 Å². The van der Waals surface area contributed by atoms with E-state index in [9.17, 15) is 34.5 Å². The number of aliphatic hydroxyl groups excluding tert-OH is 2. The van der Waals surface area contributed by atoms with Gasteiger partial charge in [0.15, 0.2) is 24.6 Å². The molecule has 12 nitrogen and oxygen atoms in total. The standard InChI is InChI=1S/C69H112O12/c1-4-7-10-13-16-19-22-25-28-30-31-33-36-39-42-45-48-51-54-57-63(72)80-67-65(74)64(73)66(68(75)76)81-69(67)78-59-60(79-62(71)56-53-50-47-44-41-38-34-27-24-21-18-15-12-9-6-3)58-77-61(70)55-52-49-46-43-40-37-35-32-29-26-23-20-17-14-11-8-5-2/h7,10,16-17,19-20,25-29,31,33-34,39,42,48,51,60,64-67,69,73-74H,4-6,8-9,11-15,18,21-24,30,32,35-38,40-41,43-47,49-50,52-59H2,1-3H3,(H,75,76)/b10-7-,19-16-,20-17-,28-25-,29-26-,33-31-,34-27-,42-39-,51-48-. The van der Waals surface area contributed by atoms with Gasteiger partial charge in [0, 0.05) is 19.3 Å². The normalized spacial score (nSPS) is 18.5. The molecule has 0 aromatic rings. The van der Waals surface area contributed by atoms with Gasteiger partial charge in [0.05, 0.1) is 6.61 Å². The van der Waals surface area contributed by atoms with Crippen molar-refractivity contribution in [2.75, 3.05) is 13.2 Å². The van der Waals surface area contributed by atoms with E-state index in [1.165, 1.54) is 77.0 Å². The summed E-state index contributed by atoms with van der Waals surface area (Å²) >= 11 is 0. The van der Waals surface area contributed by atoms with Gasteiger partial charge in [0.25, 0.3) is 0 Å². The summed E-state index contributed by atoms with van der Waals surface area (Å²) in [5.74, 6) is -3.25. The third kappa shape index (κ3) is 45.6. The summed E-state index contributed by atoms with van der Waals surface area (Å²) in [7, 11) is 0. The lowest BCUT2D eigenvalue weighted by Crippen LogP contribution is -2.61. The van der Waals surface area contributed by atoms with Crippen molar-refractivity contribution in [3.05, 3.63) is 109 Å². The van der Waals surface area contributed by atoms with Gasteiger partial charge in [0.2, 0.25) is 0 Å². The van der Waals surface area contributed by atoms with Crippen molar-refractivity contribution >= 4 is 23.9 Å². The third-order valence-electron chi connectivity index (χ3n) is 13.8. The largest absolute Gasteiger partial charge is 0.479 e. The zero-order chi connectivity index (χ0) is 58.9.